The second-order valence-electron chi connectivity index (χ2n) is 6.30. The molecule has 0 saturated heterocycles. The van der Waals surface area contributed by atoms with E-state index in [0.29, 0.717) is 5.16 Å². The third-order valence-corrected chi connectivity index (χ3v) is 5.33. The molecule has 10 nitrogen and oxygen atoms in total. The molecule has 0 aliphatic rings. The Morgan fingerprint density at radius 1 is 1.21 bits per heavy atom. The van der Waals surface area contributed by atoms with E-state index in [9.17, 15) is 14.4 Å². The Morgan fingerprint density at radius 2 is 1.93 bits per heavy atom. The normalized spacial score (nSPS) is 12.1. The van der Waals surface area contributed by atoms with Crippen LogP contribution in [0, 0.1) is 6.92 Å². The van der Waals surface area contributed by atoms with Crippen LogP contribution in [0.4, 0.5) is 5.82 Å². The van der Waals surface area contributed by atoms with Gasteiger partial charge in [-0.2, -0.15) is 4.68 Å². The molecular weight excluding hydrogens is 382 g/mol. The lowest BCUT2D eigenvalue weighted by Gasteiger charge is -2.14. The molecule has 1 unspecified atom stereocenters. The Labute approximate surface area is 164 Å². The molecule has 0 bridgehead atoms. The highest BCUT2D eigenvalue weighted by Gasteiger charge is 2.27. The highest BCUT2D eigenvalue weighted by atomic mass is 32.2. The summed E-state index contributed by atoms with van der Waals surface area (Å²) in [6.07, 6.45) is 0. The van der Waals surface area contributed by atoms with Gasteiger partial charge in [-0.25, -0.2) is 4.79 Å². The predicted molar refractivity (Wildman–Crippen MR) is 105 cm³/mol. The van der Waals surface area contributed by atoms with Crippen molar-refractivity contribution in [2.75, 3.05) is 5.73 Å². The number of ketones is 1. The predicted octanol–water partition coefficient (Wildman–Crippen LogP) is 0.314. The standard InChI is InChI=1S/C17H19N7O3S/c1-9-6-5-7-11(8-9)24-16(19-20-21-24)28-10(2)13(25)12-14(18)22(3)17(27)23(4)15(12)26/h5-8,10H,18H2,1-4H3. The lowest BCUT2D eigenvalue weighted by atomic mass is 10.1. The summed E-state index contributed by atoms with van der Waals surface area (Å²) in [5.41, 5.74) is 6.12. The maximum Gasteiger partial charge on any atom is 0.332 e. The zero-order valence-corrected chi connectivity index (χ0v) is 16.6. The van der Waals surface area contributed by atoms with Gasteiger partial charge in [0, 0.05) is 14.1 Å². The van der Waals surface area contributed by atoms with E-state index in [2.05, 4.69) is 15.5 Å². The summed E-state index contributed by atoms with van der Waals surface area (Å²) >= 11 is 1.10. The van der Waals surface area contributed by atoms with Crippen molar-refractivity contribution in [1.29, 1.82) is 0 Å². The van der Waals surface area contributed by atoms with Crippen molar-refractivity contribution in [3.8, 4) is 5.69 Å². The second-order valence-corrected chi connectivity index (χ2v) is 7.61. The highest BCUT2D eigenvalue weighted by Crippen LogP contribution is 2.25. The molecule has 2 N–H and O–H groups in total. The van der Waals surface area contributed by atoms with Gasteiger partial charge in [0.05, 0.1) is 10.9 Å². The summed E-state index contributed by atoms with van der Waals surface area (Å²) in [6, 6.07) is 7.59. The number of nitrogen functional groups attached to an aromatic ring is 1. The van der Waals surface area contributed by atoms with Crippen molar-refractivity contribution in [1.82, 2.24) is 29.3 Å². The minimum absolute atomic E-state index is 0.163. The monoisotopic (exact) mass is 401 g/mol. The molecule has 3 rings (SSSR count). The number of benzene rings is 1. The maximum absolute atomic E-state index is 12.9. The number of carbonyl (C=O) groups excluding carboxylic acids is 1. The zero-order valence-electron chi connectivity index (χ0n) is 15.8. The van der Waals surface area contributed by atoms with Crippen LogP contribution in [-0.4, -0.2) is 40.4 Å². The molecule has 11 heteroatoms. The van der Waals surface area contributed by atoms with Gasteiger partial charge in [-0.3, -0.25) is 18.7 Å². The van der Waals surface area contributed by atoms with Crippen molar-refractivity contribution < 1.29 is 4.79 Å². The molecule has 1 atom stereocenters. The molecule has 0 amide bonds. The molecule has 0 spiro atoms. The molecular formula is C17H19N7O3S. The number of nitrogens with two attached hydrogens (primary N) is 1. The molecule has 1 aromatic carbocycles. The average molecular weight is 401 g/mol. The summed E-state index contributed by atoms with van der Waals surface area (Å²) in [5.74, 6) is -0.665. The minimum Gasteiger partial charge on any atom is -0.384 e. The molecule has 2 aromatic heterocycles. The van der Waals surface area contributed by atoms with Crippen LogP contribution in [0.3, 0.4) is 0 Å². The Bertz CT molecular complexity index is 1180. The molecule has 0 saturated carbocycles. The Balaban J connectivity index is 1.95. The van der Waals surface area contributed by atoms with Crippen molar-refractivity contribution in [2.45, 2.75) is 24.3 Å². The molecule has 3 aromatic rings. The number of Topliss-reactive ketones (excluding diaryl/α,β-unsaturated/α-hetero) is 1. The lowest BCUT2D eigenvalue weighted by molar-refractivity contribution is 0.0992. The number of hydrogen-bond donors (Lipinski definition) is 1. The van der Waals surface area contributed by atoms with E-state index in [1.54, 1.807) is 6.92 Å². The Morgan fingerprint density at radius 3 is 2.61 bits per heavy atom. The largest absolute Gasteiger partial charge is 0.384 e. The second kappa shape index (κ2) is 7.43. The molecule has 0 aliphatic heterocycles. The SMILES string of the molecule is Cc1cccc(-n2nnnc2SC(C)C(=O)c2c(N)n(C)c(=O)n(C)c2=O)c1. The van der Waals surface area contributed by atoms with Gasteiger partial charge in [-0.1, -0.05) is 23.9 Å². The fourth-order valence-corrected chi connectivity index (χ4v) is 3.55. The van der Waals surface area contributed by atoms with Gasteiger partial charge < -0.3 is 5.73 Å². The van der Waals surface area contributed by atoms with Crippen molar-refractivity contribution >= 4 is 23.4 Å². The number of aromatic nitrogens is 6. The number of nitrogens with zero attached hydrogens (tertiary/aromatic N) is 6. The number of anilines is 1. The first-order valence-corrected chi connectivity index (χ1v) is 9.22. The van der Waals surface area contributed by atoms with Gasteiger partial charge in [0.1, 0.15) is 11.4 Å². The molecule has 28 heavy (non-hydrogen) atoms. The fourth-order valence-electron chi connectivity index (χ4n) is 2.68. The topological polar surface area (TPSA) is 131 Å². The molecule has 0 aliphatic carbocycles. The summed E-state index contributed by atoms with van der Waals surface area (Å²) in [4.78, 5) is 37.3. The fraction of sp³-hybridized carbons (Fsp3) is 0.294. The van der Waals surface area contributed by atoms with E-state index in [1.807, 2.05) is 31.2 Å². The maximum atomic E-state index is 12.9. The van der Waals surface area contributed by atoms with Crippen LogP contribution in [0.5, 0.6) is 0 Å². The van der Waals surface area contributed by atoms with E-state index in [1.165, 1.54) is 18.8 Å². The summed E-state index contributed by atoms with van der Waals surface area (Å²) in [7, 11) is 2.71. The molecule has 0 fully saturated rings. The third kappa shape index (κ3) is 3.36. The Kier molecular flexibility index (Phi) is 5.18. The van der Waals surface area contributed by atoms with Gasteiger partial charge in [0.2, 0.25) is 5.16 Å². The van der Waals surface area contributed by atoms with E-state index >= 15 is 0 Å². The molecule has 146 valence electrons. The van der Waals surface area contributed by atoms with Crippen LogP contribution in [0.25, 0.3) is 5.69 Å². The van der Waals surface area contributed by atoms with Crippen LogP contribution < -0.4 is 17.0 Å². The van der Waals surface area contributed by atoms with Gasteiger partial charge in [0.25, 0.3) is 5.56 Å². The van der Waals surface area contributed by atoms with Crippen LogP contribution >= 0.6 is 11.8 Å². The minimum atomic E-state index is -0.726. The van der Waals surface area contributed by atoms with Crippen LogP contribution in [0.2, 0.25) is 0 Å². The molecule has 2 heterocycles. The number of hydrogen-bond acceptors (Lipinski definition) is 8. The lowest BCUT2D eigenvalue weighted by Crippen LogP contribution is -2.42. The van der Waals surface area contributed by atoms with Crippen molar-refractivity contribution in [2.24, 2.45) is 14.1 Å². The van der Waals surface area contributed by atoms with E-state index in [4.69, 9.17) is 5.73 Å². The first-order valence-electron chi connectivity index (χ1n) is 8.34. The number of thioether (sulfide) groups is 1. The molecule has 0 radical (unpaired) electrons. The van der Waals surface area contributed by atoms with Gasteiger partial charge >= 0.3 is 5.69 Å². The van der Waals surface area contributed by atoms with Crippen LogP contribution in [0.15, 0.2) is 39.0 Å². The third-order valence-electron chi connectivity index (χ3n) is 4.29. The number of aryl methyl sites for hydroxylation is 1. The number of tetrazole rings is 1. The van der Waals surface area contributed by atoms with Crippen LogP contribution in [-0.2, 0) is 14.1 Å². The summed E-state index contributed by atoms with van der Waals surface area (Å²) in [5, 5.41) is 11.3. The summed E-state index contributed by atoms with van der Waals surface area (Å²) < 4.78 is 3.45. The first kappa shape index (κ1) is 19.5. The van der Waals surface area contributed by atoms with Crippen molar-refractivity contribution in [3.63, 3.8) is 0 Å². The Hall–Kier alpha value is -3.21. The number of carbonyl (C=O) groups is 1. The number of rotatable bonds is 5. The van der Waals surface area contributed by atoms with Crippen molar-refractivity contribution in [3.05, 3.63) is 56.2 Å². The van der Waals surface area contributed by atoms with Gasteiger partial charge in [-0.05, 0) is 42.0 Å². The average Bonchev–Trinajstić information content (AvgIpc) is 3.13. The van der Waals surface area contributed by atoms with E-state index < -0.39 is 22.3 Å². The highest BCUT2D eigenvalue weighted by molar-refractivity contribution is 8.00. The van der Waals surface area contributed by atoms with Crippen LogP contribution in [0.1, 0.15) is 22.8 Å². The summed E-state index contributed by atoms with van der Waals surface area (Å²) in [6.45, 7) is 3.58. The quantitative estimate of drug-likeness (QED) is 0.477. The zero-order chi connectivity index (χ0) is 20.6. The van der Waals surface area contributed by atoms with E-state index in [0.717, 1.165) is 32.1 Å². The van der Waals surface area contributed by atoms with Gasteiger partial charge in [0.15, 0.2) is 5.78 Å². The first-order chi connectivity index (χ1) is 13.2. The van der Waals surface area contributed by atoms with E-state index in [-0.39, 0.29) is 11.4 Å². The smallest absolute Gasteiger partial charge is 0.332 e. The van der Waals surface area contributed by atoms with Gasteiger partial charge in [-0.15, -0.1) is 5.10 Å².